The predicted molar refractivity (Wildman–Crippen MR) is 98.0 cm³/mol. The quantitative estimate of drug-likeness (QED) is 0.629. The number of rotatable bonds is 5. The van der Waals surface area contributed by atoms with Gasteiger partial charge in [-0.2, -0.15) is 0 Å². The molecule has 2 aliphatic heterocycles. The number of carbonyl (C=O) groups is 2. The number of hydrogen-bond acceptors (Lipinski definition) is 6. The zero-order chi connectivity index (χ0) is 19.6. The molecule has 7 nitrogen and oxygen atoms in total. The minimum Gasteiger partial charge on any atom is -0.504 e. The van der Waals surface area contributed by atoms with Gasteiger partial charge in [-0.05, 0) is 31.9 Å². The first-order valence-electron chi connectivity index (χ1n) is 8.78. The first-order chi connectivity index (χ1) is 13.0. The molecule has 1 fully saturated rings. The fraction of sp³-hybridized carbons (Fsp3) is 0.400. The molecule has 0 spiro atoms. The number of phenolic OH excluding ortho intramolecular Hbond substituents is 1. The van der Waals surface area contributed by atoms with E-state index < -0.39 is 5.97 Å². The topological polar surface area (TPSA) is 85.3 Å². The predicted octanol–water partition coefficient (Wildman–Crippen LogP) is 2.25. The van der Waals surface area contributed by atoms with E-state index in [1.165, 1.54) is 20.3 Å². The van der Waals surface area contributed by atoms with Gasteiger partial charge in [0.2, 0.25) is 0 Å². The molecule has 0 saturated carbocycles. The van der Waals surface area contributed by atoms with Crippen molar-refractivity contribution in [1.82, 2.24) is 4.90 Å². The van der Waals surface area contributed by atoms with Crippen molar-refractivity contribution >= 4 is 18.0 Å². The van der Waals surface area contributed by atoms with Crippen molar-refractivity contribution in [3.63, 3.8) is 0 Å². The summed E-state index contributed by atoms with van der Waals surface area (Å²) in [5, 5.41) is 10.3. The number of allylic oxidation sites excluding steroid dienone is 1. The number of phenols is 1. The molecule has 0 radical (unpaired) electrons. The largest absolute Gasteiger partial charge is 0.504 e. The fourth-order valence-electron chi connectivity index (χ4n) is 3.42. The molecule has 0 aromatic heterocycles. The summed E-state index contributed by atoms with van der Waals surface area (Å²) in [7, 11) is 2.72. The van der Waals surface area contributed by atoms with Crippen LogP contribution in [0.1, 0.15) is 25.3 Å². The third-order valence-electron chi connectivity index (χ3n) is 4.86. The number of carbonyl (C=O) groups excluding carboxylic acids is 2. The Morgan fingerprint density at radius 1 is 1.41 bits per heavy atom. The van der Waals surface area contributed by atoms with Gasteiger partial charge in [0.15, 0.2) is 11.5 Å². The van der Waals surface area contributed by atoms with Crippen LogP contribution in [0, 0.1) is 0 Å². The van der Waals surface area contributed by atoms with Crippen LogP contribution in [0.3, 0.4) is 0 Å². The molecule has 1 N–H and O–H groups in total. The number of aromatic hydroxyl groups is 1. The second kappa shape index (κ2) is 7.84. The number of methoxy groups -OCH3 is 2. The summed E-state index contributed by atoms with van der Waals surface area (Å²) in [5.41, 5.74) is 1.28. The maximum absolute atomic E-state index is 13.0. The van der Waals surface area contributed by atoms with Gasteiger partial charge in [-0.15, -0.1) is 0 Å². The summed E-state index contributed by atoms with van der Waals surface area (Å²) in [6, 6.07) is 4.95. The Labute approximate surface area is 157 Å². The number of hydrogen-bond donors (Lipinski definition) is 1. The van der Waals surface area contributed by atoms with Crippen LogP contribution in [0.25, 0.3) is 6.08 Å². The van der Waals surface area contributed by atoms with E-state index in [0.29, 0.717) is 24.4 Å². The summed E-state index contributed by atoms with van der Waals surface area (Å²) in [5.74, 6) is -0.721. The lowest BCUT2D eigenvalue weighted by Gasteiger charge is -2.21. The van der Waals surface area contributed by atoms with E-state index in [0.717, 1.165) is 12.8 Å². The lowest BCUT2D eigenvalue weighted by molar-refractivity contribution is -0.136. The third kappa shape index (κ3) is 3.55. The Kier molecular flexibility index (Phi) is 5.51. The first kappa shape index (κ1) is 19.0. The second-order valence-corrected chi connectivity index (χ2v) is 6.46. The zero-order valence-electron chi connectivity index (χ0n) is 15.7. The maximum Gasteiger partial charge on any atom is 0.340 e. The highest BCUT2D eigenvalue weighted by molar-refractivity contribution is 6.16. The van der Waals surface area contributed by atoms with Crippen molar-refractivity contribution in [2.24, 2.45) is 0 Å². The average molecular weight is 373 g/mol. The summed E-state index contributed by atoms with van der Waals surface area (Å²) in [4.78, 5) is 26.9. The van der Waals surface area contributed by atoms with E-state index in [1.54, 1.807) is 30.0 Å². The summed E-state index contributed by atoms with van der Waals surface area (Å²) < 4.78 is 15.6. The smallest absolute Gasteiger partial charge is 0.340 e. The van der Waals surface area contributed by atoms with Gasteiger partial charge in [0, 0.05) is 17.9 Å². The Morgan fingerprint density at radius 3 is 2.81 bits per heavy atom. The van der Waals surface area contributed by atoms with Crippen LogP contribution in [0.5, 0.6) is 11.5 Å². The van der Waals surface area contributed by atoms with Gasteiger partial charge in [0.05, 0.1) is 38.0 Å². The molecule has 3 rings (SSSR count). The van der Waals surface area contributed by atoms with Gasteiger partial charge in [-0.1, -0.05) is 12.1 Å². The van der Waals surface area contributed by atoms with Gasteiger partial charge < -0.3 is 24.2 Å². The van der Waals surface area contributed by atoms with Crippen molar-refractivity contribution in [2.45, 2.75) is 25.9 Å². The lowest BCUT2D eigenvalue weighted by atomic mass is 10.0. The molecule has 7 heteroatoms. The molecule has 2 heterocycles. The molecule has 1 amide bonds. The molecular formula is C20H23NO6. The summed E-state index contributed by atoms with van der Waals surface area (Å²) in [6.07, 6.45) is 3.28. The number of amides is 1. The van der Waals surface area contributed by atoms with Crippen LogP contribution in [0.2, 0.25) is 0 Å². The number of nitrogens with zero attached hydrogens (tertiary/aromatic N) is 1. The molecule has 0 aliphatic carbocycles. The van der Waals surface area contributed by atoms with E-state index in [-0.39, 0.29) is 34.7 Å². The standard InChI is InChI=1S/C20H23NO6/c1-12-17(20(24)26-3)15(10-13-6-4-8-16(25-2)18(13)22)19(23)21(12)11-14-7-5-9-27-14/h4,6,8,10,14,22H,5,7,9,11H2,1-3H3/b15-10-. The summed E-state index contributed by atoms with van der Waals surface area (Å²) in [6.45, 7) is 2.78. The fourth-order valence-corrected chi connectivity index (χ4v) is 3.42. The van der Waals surface area contributed by atoms with Gasteiger partial charge in [0.25, 0.3) is 5.91 Å². The van der Waals surface area contributed by atoms with E-state index in [1.807, 2.05) is 0 Å². The van der Waals surface area contributed by atoms with Crippen molar-refractivity contribution in [3.8, 4) is 11.5 Å². The van der Waals surface area contributed by atoms with Crippen LogP contribution in [0.4, 0.5) is 0 Å². The number of benzene rings is 1. The Morgan fingerprint density at radius 2 is 2.19 bits per heavy atom. The number of para-hydroxylation sites is 1. The zero-order valence-corrected chi connectivity index (χ0v) is 15.7. The van der Waals surface area contributed by atoms with E-state index >= 15 is 0 Å². The third-order valence-corrected chi connectivity index (χ3v) is 4.86. The molecular weight excluding hydrogens is 350 g/mol. The van der Waals surface area contributed by atoms with Gasteiger partial charge >= 0.3 is 5.97 Å². The highest BCUT2D eigenvalue weighted by Gasteiger charge is 2.38. The Balaban J connectivity index is 2.02. The number of ether oxygens (including phenoxy) is 3. The summed E-state index contributed by atoms with van der Waals surface area (Å²) >= 11 is 0. The molecule has 2 aliphatic rings. The van der Waals surface area contributed by atoms with Gasteiger partial charge in [-0.25, -0.2) is 4.79 Å². The van der Waals surface area contributed by atoms with E-state index in [4.69, 9.17) is 14.2 Å². The maximum atomic E-state index is 13.0. The van der Waals surface area contributed by atoms with Crippen LogP contribution in [-0.4, -0.2) is 55.4 Å². The van der Waals surface area contributed by atoms with E-state index in [2.05, 4.69) is 0 Å². The monoisotopic (exact) mass is 373 g/mol. The molecule has 1 atom stereocenters. The minimum atomic E-state index is -0.593. The molecule has 144 valence electrons. The Bertz CT molecular complexity index is 820. The molecule has 1 aromatic rings. The van der Waals surface area contributed by atoms with E-state index in [9.17, 15) is 14.7 Å². The normalized spacial score (nSPS) is 21.3. The van der Waals surface area contributed by atoms with Crippen LogP contribution >= 0.6 is 0 Å². The molecule has 1 saturated heterocycles. The van der Waals surface area contributed by atoms with Crippen molar-refractivity contribution < 1.29 is 28.9 Å². The van der Waals surface area contributed by atoms with Crippen molar-refractivity contribution in [3.05, 3.63) is 40.6 Å². The first-order valence-corrected chi connectivity index (χ1v) is 8.78. The molecule has 1 aromatic carbocycles. The minimum absolute atomic E-state index is 0.0487. The highest BCUT2D eigenvalue weighted by Crippen LogP contribution is 2.36. The average Bonchev–Trinajstić information content (AvgIpc) is 3.26. The number of esters is 1. The van der Waals surface area contributed by atoms with Crippen LogP contribution in [-0.2, 0) is 19.1 Å². The van der Waals surface area contributed by atoms with Crippen molar-refractivity contribution in [1.29, 1.82) is 0 Å². The molecule has 27 heavy (non-hydrogen) atoms. The van der Waals surface area contributed by atoms with Gasteiger partial charge in [-0.3, -0.25) is 4.79 Å². The van der Waals surface area contributed by atoms with Crippen LogP contribution in [0.15, 0.2) is 35.0 Å². The highest BCUT2D eigenvalue weighted by atomic mass is 16.5. The molecule has 1 unspecified atom stereocenters. The second-order valence-electron chi connectivity index (χ2n) is 6.46. The SMILES string of the molecule is COC(=O)C1=C(C)N(CC2CCCO2)C(=O)/C1=C\c1cccc(OC)c1O. The molecule has 0 bridgehead atoms. The lowest BCUT2D eigenvalue weighted by Crippen LogP contribution is -2.33. The van der Waals surface area contributed by atoms with Crippen molar-refractivity contribution in [2.75, 3.05) is 27.4 Å². The van der Waals surface area contributed by atoms with Gasteiger partial charge in [0.1, 0.15) is 0 Å². The Hall–Kier alpha value is -2.80. The van der Waals surface area contributed by atoms with Crippen LogP contribution < -0.4 is 4.74 Å².